The second-order valence-corrected chi connectivity index (χ2v) is 2.90. The molecule has 0 rings (SSSR count). The third-order valence-electron chi connectivity index (χ3n) is 1.66. The standard InChI is InChI=1S/C10H16FNO2.C2H6/c1-4-12(6-10(14)7-13)9(3)5-8(2)11;1-2/h4-5,10,13-14H,1-2,6-7H2,3H3;1-2H3/b9-5+;. The van der Waals surface area contributed by atoms with Crippen molar-refractivity contribution in [1.82, 2.24) is 4.90 Å². The van der Waals surface area contributed by atoms with Gasteiger partial charge in [0.2, 0.25) is 0 Å². The van der Waals surface area contributed by atoms with Gasteiger partial charge in [-0.25, -0.2) is 4.39 Å². The molecular weight excluding hydrogens is 209 g/mol. The lowest BCUT2D eigenvalue weighted by atomic mass is 10.3. The van der Waals surface area contributed by atoms with Gasteiger partial charge in [-0.15, -0.1) is 0 Å². The number of aliphatic hydroxyl groups excluding tert-OH is 2. The Kier molecular flexibility index (Phi) is 11.2. The van der Waals surface area contributed by atoms with Crippen LogP contribution < -0.4 is 0 Å². The Morgan fingerprint density at radius 1 is 1.50 bits per heavy atom. The second kappa shape index (κ2) is 10.4. The van der Waals surface area contributed by atoms with Gasteiger partial charge in [0.1, 0.15) is 5.83 Å². The van der Waals surface area contributed by atoms with E-state index in [1.165, 1.54) is 17.2 Å². The minimum atomic E-state index is -0.871. The van der Waals surface area contributed by atoms with Gasteiger partial charge < -0.3 is 15.1 Å². The molecule has 0 saturated heterocycles. The van der Waals surface area contributed by atoms with E-state index in [4.69, 9.17) is 10.2 Å². The number of aliphatic hydroxyl groups is 2. The van der Waals surface area contributed by atoms with Crippen LogP contribution in [0.2, 0.25) is 0 Å². The van der Waals surface area contributed by atoms with Crippen LogP contribution in [0.25, 0.3) is 0 Å². The van der Waals surface area contributed by atoms with Crippen LogP contribution in [0.3, 0.4) is 0 Å². The lowest BCUT2D eigenvalue weighted by Gasteiger charge is -2.22. The predicted octanol–water partition coefficient (Wildman–Crippen LogP) is 2.20. The molecular formula is C12H22FNO2. The average Bonchev–Trinajstić information content (AvgIpc) is 2.27. The molecule has 0 bridgehead atoms. The van der Waals surface area contributed by atoms with Crippen LogP contribution in [0.4, 0.5) is 4.39 Å². The first-order chi connectivity index (χ1) is 7.51. The summed E-state index contributed by atoms with van der Waals surface area (Å²) in [5, 5.41) is 17.8. The Labute approximate surface area is 97.2 Å². The molecule has 0 aliphatic carbocycles. The van der Waals surface area contributed by atoms with Crippen molar-refractivity contribution in [3.63, 3.8) is 0 Å². The molecule has 0 aromatic rings. The molecule has 2 N–H and O–H groups in total. The topological polar surface area (TPSA) is 43.7 Å². The van der Waals surface area contributed by atoms with Crippen LogP contribution in [-0.2, 0) is 0 Å². The quantitative estimate of drug-likeness (QED) is 0.689. The minimum absolute atomic E-state index is 0.176. The van der Waals surface area contributed by atoms with Gasteiger partial charge in [-0.1, -0.05) is 27.0 Å². The van der Waals surface area contributed by atoms with E-state index in [-0.39, 0.29) is 13.2 Å². The lowest BCUT2D eigenvalue weighted by molar-refractivity contribution is 0.0782. The molecule has 3 nitrogen and oxygen atoms in total. The van der Waals surface area contributed by atoms with E-state index in [1.54, 1.807) is 6.92 Å². The molecule has 1 unspecified atom stereocenters. The molecule has 0 aromatic heterocycles. The van der Waals surface area contributed by atoms with Crippen molar-refractivity contribution < 1.29 is 14.6 Å². The smallest absolute Gasteiger partial charge is 0.117 e. The highest BCUT2D eigenvalue weighted by molar-refractivity contribution is 5.14. The first-order valence-electron chi connectivity index (χ1n) is 5.22. The first kappa shape index (κ1) is 17.3. The molecule has 0 amide bonds. The Morgan fingerprint density at radius 3 is 2.31 bits per heavy atom. The van der Waals surface area contributed by atoms with Gasteiger partial charge in [0.15, 0.2) is 0 Å². The van der Waals surface area contributed by atoms with Gasteiger partial charge >= 0.3 is 0 Å². The van der Waals surface area contributed by atoms with Crippen LogP contribution >= 0.6 is 0 Å². The van der Waals surface area contributed by atoms with E-state index >= 15 is 0 Å². The molecule has 0 aromatic carbocycles. The fraction of sp³-hybridized carbons (Fsp3) is 0.500. The summed E-state index contributed by atoms with van der Waals surface area (Å²) < 4.78 is 12.4. The summed E-state index contributed by atoms with van der Waals surface area (Å²) in [5.41, 5.74) is 0.569. The summed E-state index contributed by atoms with van der Waals surface area (Å²) in [5.74, 6) is -0.562. The van der Waals surface area contributed by atoms with Gasteiger partial charge in [0, 0.05) is 5.70 Å². The van der Waals surface area contributed by atoms with Gasteiger partial charge in [-0.05, 0) is 19.2 Å². The maximum atomic E-state index is 12.4. The Hall–Kier alpha value is -1.13. The molecule has 0 aliphatic rings. The normalized spacial score (nSPS) is 12.2. The summed E-state index contributed by atoms with van der Waals surface area (Å²) in [4.78, 5) is 1.53. The van der Waals surface area contributed by atoms with E-state index < -0.39 is 11.9 Å². The summed E-state index contributed by atoms with van der Waals surface area (Å²) >= 11 is 0. The molecule has 0 aliphatic heterocycles. The average molecular weight is 231 g/mol. The van der Waals surface area contributed by atoms with Crippen LogP contribution in [0, 0.1) is 0 Å². The number of rotatable bonds is 6. The lowest BCUT2D eigenvalue weighted by Crippen LogP contribution is -2.29. The number of allylic oxidation sites excluding steroid dienone is 3. The van der Waals surface area contributed by atoms with Crippen molar-refractivity contribution in [1.29, 1.82) is 0 Å². The monoisotopic (exact) mass is 231 g/mol. The van der Waals surface area contributed by atoms with Gasteiger partial charge in [-0.3, -0.25) is 0 Å². The molecule has 16 heavy (non-hydrogen) atoms. The zero-order valence-electron chi connectivity index (χ0n) is 10.3. The SMILES string of the molecule is C=CN(CC(O)CO)/C(C)=C/C(=C)F.CC. The van der Waals surface area contributed by atoms with Crippen molar-refractivity contribution in [2.45, 2.75) is 26.9 Å². The highest BCUT2D eigenvalue weighted by Gasteiger charge is 2.08. The summed E-state index contributed by atoms with van der Waals surface area (Å²) in [6.07, 6.45) is 1.81. The van der Waals surface area contributed by atoms with Crippen LogP contribution in [-0.4, -0.2) is 34.4 Å². The first-order valence-corrected chi connectivity index (χ1v) is 5.22. The van der Waals surface area contributed by atoms with Crippen LogP contribution in [0.15, 0.2) is 37.0 Å². The van der Waals surface area contributed by atoms with Crippen molar-refractivity contribution in [2.24, 2.45) is 0 Å². The highest BCUT2D eigenvalue weighted by Crippen LogP contribution is 2.08. The molecule has 0 saturated carbocycles. The number of nitrogens with zero attached hydrogens (tertiary/aromatic N) is 1. The van der Waals surface area contributed by atoms with E-state index in [0.717, 1.165) is 0 Å². The van der Waals surface area contributed by atoms with Crippen LogP contribution in [0.5, 0.6) is 0 Å². The molecule has 0 radical (unpaired) electrons. The van der Waals surface area contributed by atoms with Crippen LogP contribution in [0.1, 0.15) is 20.8 Å². The zero-order chi connectivity index (χ0) is 13.1. The van der Waals surface area contributed by atoms with E-state index in [9.17, 15) is 4.39 Å². The maximum absolute atomic E-state index is 12.4. The molecule has 4 heteroatoms. The van der Waals surface area contributed by atoms with E-state index in [1.807, 2.05) is 13.8 Å². The molecule has 1 atom stereocenters. The predicted molar refractivity (Wildman–Crippen MR) is 65.3 cm³/mol. The van der Waals surface area contributed by atoms with Crippen molar-refractivity contribution in [3.05, 3.63) is 37.0 Å². The summed E-state index contributed by atoms with van der Waals surface area (Å²) in [6.45, 7) is 12.1. The van der Waals surface area contributed by atoms with E-state index in [2.05, 4.69) is 13.2 Å². The highest BCUT2D eigenvalue weighted by atomic mass is 19.1. The fourth-order valence-corrected chi connectivity index (χ4v) is 0.957. The largest absolute Gasteiger partial charge is 0.394 e. The van der Waals surface area contributed by atoms with Gasteiger partial charge in [0.05, 0.1) is 19.3 Å². The molecule has 0 spiro atoms. The minimum Gasteiger partial charge on any atom is -0.394 e. The molecule has 94 valence electrons. The van der Waals surface area contributed by atoms with Gasteiger partial charge in [0.25, 0.3) is 0 Å². The Bertz CT molecular complexity index is 239. The Morgan fingerprint density at radius 2 is 2.00 bits per heavy atom. The zero-order valence-corrected chi connectivity index (χ0v) is 10.3. The second-order valence-electron chi connectivity index (χ2n) is 2.90. The van der Waals surface area contributed by atoms with Crippen molar-refractivity contribution in [3.8, 4) is 0 Å². The number of halogens is 1. The maximum Gasteiger partial charge on any atom is 0.117 e. The summed E-state index contributed by atoms with van der Waals surface area (Å²) in [6, 6.07) is 0. The molecule has 0 fully saturated rings. The summed E-state index contributed by atoms with van der Waals surface area (Å²) in [7, 11) is 0. The third kappa shape index (κ3) is 8.20. The number of hydrogen-bond donors (Lipinski definition) is 2. The number of hydrogen-bond acceptors (Lipinski definition) is 3. The fourth-order valence-electron chi connectivity index (χ4n) is 0.957. The third-order valence-corrected chi connectivity index (χ3v) is 1.66. The van der Waals surface area contributed by atoms with Crippen molar-refractivity contribution in [2.75, 3.05) is 13.2 Å². The molecule has 0 heterocycles. The van der Waals surface area contributed by atoms with Crippen molar-refractivity contribution >= 4 is 0 Å². The Balaban J connectivity index is 0. The van der Waals surface area contributed by atoms with E-state index in [0.29, 0.717) is 5.70 Å². The van der Waals surface area contributed by atoms with Gasteiger partial charge in [-0.2, -0.15) is 0 Å².